The summed E-state index contributed by atoms with van der Waals surface area (Å²) in [5, 5.41) is 11.9. The van der Waals surface area contributed by atoms with Gasteiger partial charge in [0.05, 0.1) is 18.3 Å². The number of rotatable bonds is 3. The van der Waals surface area contributed by atoms with E-state index in [1.807, 2.05) is 30.9 Å². The van der Waals surface area contributed by atoms with Crippen molar-refractivity contribution in [2.45, 2.75) is 39.0 Å². The van der Waals surface area contributed by atoms with Gasteiger partial charge in [-0.3, -0.25) is 9.89 Å². The number of pyridine rings is 1. The number of aryl methyl sites for hydroxylation is 2. The number of likely N-dealkylation sites (tertiary alicyclic amines) is 1. The van der Waals surface area contributed by atoms with Gasteiger partial charge in [-0.25, -0.2) is 4.98 Å². The summed E-state index contributed by atoms with van der Waals surface area (Å²) in [5.41, 5.74) is 3.53. The molecule has 3 aromatic heterocycles. The number of hydrogen-bond donors (Lipinski definition) is 1. The second-order valence-corrected chi connectivity index (χ2v) is 6.70. The van der Waals surface area contributed by atoms with E-state index in [0.717, 1.165) is 53.1 Å². The lowest BCUT2D eigenvalue weighted by molar-refractivity contribution is -0.131. The van der Waals surface area contributed by atoms with Gasteiger partial charge in [0.2, 0.25) is 5.91 Å². The summed E-state index contributed by atoms with van der Waals surface area (Å²) in [5.74, 6) is 1.11. The number of amides is 1. The number of carbonyl (C=O) groups is 1. The number of aromatic amines is 1. The molecule has 3 aromatic rings. The number of nitrogens with zero attached hydrogens (tertiary/aromatic N) is 4. The molecular weight excluding hydrogens is 318 g/mol. The van der Waals surface area contributed by atoms with Crippen LogP contribution in [0.5, 0.6) is 0 Å². The molecule has 1 atom stereocenters. The maximum Gasteiger partial charge on any atom is 0.227 e. The molecule has 130 valence electrons. The molecule has 25 heavy (non-hydrogen) atoms. The van der Waals surface area contributed by atoms with Crippen LogP contribution in [0.15, 0.2) is 22.9 Å². The Morgan fingerprint density at radius 3 is 3.08 bits per heavy atom. The zero-order chi connectivity index (χ0) is 17.4. The van der Waals surface area contributed by atoms with Gasteiger partial charge in [-0.05, 0) is 38.8 Å². The molecule has 0 saturated carbocycles. The summed E-state index contributed by atoms with van der Waals surface area (Å²) in [7, 11) is 0. The monoisotopic (exact) mass is 339 g/mol. The van der Waals surface area contributed by atoms with E-state index in [0.29, 0.717) is 13.0 Å². The van der Waals surface area contributed by atoms with Crippen molar-refractivity contribution < 1.29 is 9.32 Å². The van der Waals surface area contributed by atoms with Crippen LogP contribution in [0.25, 0.3) is 11.0 Å². The van der Waals surface area contributed by atoms with Crippen LogP contribution in [0.4, 0.5) is 0 Å². The van der Waals surface area contributed by atoms with Crippen molar-refractivity contribution in [2.24, 2.45) is 0 Å². The Bertz CT molecular complexity index is 894. The van der Waals surface area contributed by atoms with Crippen LogP contribution in [0, 0.1) is 13.8 Å². The Morgan fingerprint density at radius 2 is 2.28 bits per heavy atom. The van der Waals surface area contributed by atoms with Gasteiger partial charge in [0.1, 0.15) is 5.76 Å². The van der Waals surface area contributed by atoms with E-state index in [1.54, 1.807) is 6.20 Å². The maximum absolute atomic E-state index is 12.7. The van der Waals surface area contributed by atoms with E-state index >= 15 is 0 Å². The normalized spacial score (nSPS) is 18.0. The smallest absolute Gasteiger partial charge is 0.227 e. The standard InChI is InChI=1S/C18H21N5O2/c1-11-15(12(2)25-22-11)8-17(24)23-7-3-4-14(10-23)16-6-5-13-9-19-21-18(13)20-16/h5-6,9,14H,3-4,7-8,10H2,1-2H3,(H,19,20,21)/t14-/m1/s1. The molecule has 4 heterocycles. The number of piperidine rings is 1. The third kappa shape index (κ3) is 3.01. The highest BCUT2D eigenvalue weighted by molar-refractivity contribution is 5.79. The summed E-state index contributed by atoms with van der Waals surface area (Å²) >= 11 is 0. The molecule has 7 nitrogen and oxygen atoms in total. The molecule has 1 saturated heterocycles. The molecule has 0 aromatic carbocycles. The molecule has 7 heteroatoms. The quantitative estimate of drug-likeness (QED) is 0.792. The number of H-pyrrole nitrogens is 1. The van der Waals surface area contributed by atoms with Crippen LogP contribution in [0.3, 0.4) is 0 Å². The van der Waals surface area contributed by atoms with E-state index in [9.17, 15) is 4.79 Å². The zero-order valence-electron chi connectivity index (χ0n) is 14.5. The van der Waals surface area contributed by atoms with Crippen LogP contribution >= 0.6 is 0 Å². The fraction of sp³-hybridized carbons (Fsp3) is 0.444. The molecule has 0 radical (unpaired) electrons. The summed E-state index contributed by atoms with van der Waals surface area (Å²) in [6.45, 7) is 5.23. The van der Waals surface area contributed by atoms with Crippen LogP contribution in [0.2, 0.25) is 0 Å². The van der Waals surface area contributed by atoms with E-state index < -0.39 is 0 Å². The first kappa shape index (κ1) is 15.8. The SMILES string of the molecule is Cc1noc(C)c1CC(=O)N1CCC[C@@H](c2ccc3cn[nH]c3n2)C1. The van der Waals surface area contributed by atoms with Crippen molar-refractivity contribution in [1.29, 1.82) is 0 Å². The fourth-order valence-electron chi connectivity index (χ4n) is 3.53. The summed E-state index contributed by atoms with van der Waals surface area (Å²) in [4.78, 5) is 19.4. The number of aromatic nitrogens is 4. The largest absolute Gasteiger partial charge is 0.361 e. The zero-order valence-corrected chi connectivity index (χ0v) is 14.5. The second kappa shape index (κ2) is 6.31. The first-order valence-electron chi connectivity index (χ1n) is 8.61. The van der Waals surface area contributed by atoms with Crippen LogP contribution < -0.4 is 0 Å². The van der Waals surface area contributed by atoms with Crippen LogP contribution in [-0.2, 0) is 11.2 Å². The lowest BCUT2D eigenvalue weighted by Crippen LogP contribution is -2.40. The van der Waals surface area contributed by atoms with Crippen molar-refractivity contribution >= 4 is 16.9 Å². The van der Waals surface area contributed by atoms with Gasteiger partial charge < -0.3 is 9.42 Å². The van der Waals surface area contributed by atoms with Crippen molar-refractivity contribution in [3.63, 3.8) is 0 Å². The summed E-state index contributed by atoms with van der Waals surface area (Å²) in [6, 6.07) is 4.08. The first-order chi connectivity index (χ1) is 12.1. The van der Waals surface area contributed by atoms with Gasteiger partial charge >= 0.3 is 0 Å². The second-order valence-electron chi connectivity index (χ2n) is 6.70. The van der Waals surface area contributed by atoms with E-state index in [1.165, 1.54) is 0 Å². The minimum Gasteiger partial charge on any atom is -0.361 e. The lowest BCUT2D eigenvalue weighted by atomic mass is 9.93. The molecular formula is C18H21N5O2. The molecule has 0 bridgehead atoms. The van der Waals surface area contributed by atoms with Crippen molar-refractivity contribution in [3.05, 3.63) is 41.0 Å². The molecule has 1 amide bonds. The number of carbonyl (C=O) groups excluding carboxylic acids is 1. The van der Waals surface area contributed by atoms with E-state index in [4.69, 9.17) is 4.52 Å². The molecule has 1 N–H and O–H groups in total. The predicted molar refractivity (Wildman–Crippen MR) is 92.1 cm³/mol. The third-order valence-electron chi connectivity index (χ3n) is 5.02. The highest BCUT2D eigenvalue weighted by atomic mass is 16.5. The van der Waals surface area contributed by atoms with Gasteiger partial charge in [-0.1, -0.05) is 5.16 Å². The van der Waals surface area contributed by atoms with Gasteiger partial charge in [0, 0.05) is 35.7 Å². The molecule has 4 rings (SSSR count). The minimum atomic E-state index is 0.127. The third-order valence-corrected chi connectivity index (χ3v) is 5.02. The van der Waals surface area contributed by atoms with Crippen LogP contribution in [0.1, 0.15) is 41.5 Å². The predicted octanol–water partition coefficient (Wildman–Crippen LogP) is 2.51. The summed E-state index contributed by atoms with van der Waals surface area (Å²) < 4.78 is 5.17. The molecule has 0 aliphatic carbocycles. The molecule has 1 fully saturated rings. The summed E-state index contributed by atoms with van der Waals surface area (Å²) in [6.07, 6.45) is 4.15. The molecule has 1 aliphatic rings. The number of nitrogens with one attached hydrogen (secondary N) is 1. The Morgan fingerprint density at radius 1 is 1.40 bits per heavy atom. The Labute approximate surface area is 145 Å². The van der Waals surface area contributed by atoms with Crippen molar-refractivity contribution in [2.75, 3.05) is 13.1 Å². The highest BCUT2D eigenvalue weighted by Gasteiger charge is 2.27. The van der Waals surface area contributed by atoms with Gasteiger partial charge in [-0.2, -0.15) is 5.10 Å². The highest BCUT2D eigenvalue weighted by Crippen LogP contribution is 2.27. The van der Waals surface area contributed by atoms with Crippen molar-refractivity contribution in [1.82, 2.24) is 25.2 Å². The molecule has 1 aliphatic heterocycles. The first-order valence-corrected chi connectivity index (χ1v) is 8.61. The van der Waals surface area contributed by atoms with Gasteiger partial charge in [-0.15, -0.1) is 0 Å². The van der Waals surface area contributed by atoms with E-state index in [2.05, 4.69) is 20.3 Å². The lowest BCUT2D eigenvalue weighted by Gasteiger charge is -2.32. The number of hydrogen-bond acceptors (Lipinski definition) is 5. The average Bonchev–Trinajstić information content (AvgIpc) is 3.22. The van der Waals surface area contributed by atoms with E-state index in [-0.39, 0.29) is 11.8 Å². The maximum atomic E-state index is 12.7. The fourth-order valence-corrected chi connectivity index (χ4v) is 3.53. The molecule has 0 unspecified atom stereocenters. The van der Waals surface area contributed by atoms with Gasteiger partial charge in [0.25, 0.3) is 0 Å². The Hall–Kier alpha value is -2.70. The molecule has 0 spiro atoms. The Balaban J connectivity index is 1.49. The van der Waals surface area contributed by atoms with Gasteiger partial charge in [0.15, 0.2) is 5.65 Å². The Kier molecular flexibility index (Phi) is 3.99. The van der Waals surface area contributed by atoms with Crippen LogP contribution in [-0.4, -0.2) is 44.2 Å². The average molecular weight is 339 g/mol. The van der Waals surface area contributed by atoms with Crippen molar-refractivity contribution in [3.8, 4) is 0 Å². The minimum absolute atomic E-state index is 0.127. The number of fused-ring (bicyclic) bond motifs is 1. The topological polar surface area (TPSA) is 87.9 Å².